The first-order valence-corrected chi connectivity index (χ1v) is 30.0. The van der Waals surface area contributed by atoms with Crippen LogP contribution in [0.3, 0.4) is 0 Å². The molecule has 1 atom stereocenters. The molecule has 0 saturated carbocycles. The highest BCUT2D eigenvalue weighted by molar-refractivity contribution is 5.71. The summed E-state index contributed by atoms with van der Waals surface area (Å²) in [6.45, 7) is 6.35. The smallest absolute Gasteiger partial charge is 0.306 e. The predicted octanol–water partition coefficient (Wildman–Crippen LogP) is 20.4. The molecule has 0 bridgehead atoms. The fourth-order valence-corrected chi connectivity index (χ4v) is 7.98. The zero-order valence-electron chi connectivity index (χ0n) is 47.4. The molecule has 0 heterocycles. The number of carbonyl (C=O) groups is 3. The van der Waals surface area contributed by atoms with Crippen LogP contribution >= 0.6 is 0 Å². The Bertz CT molecular complexity index is 1540. The Kier molecular flexibility index (Phi) is 56.9. The van der Waals surface area contributed by atoms with E-state index in [4.69, 9.17) is 14.2 Å². The van der Waals surface area contributed by atoms with Gasteiger partial charge in [0.2, 0.25) is 0 Å². The van der Waals surface area contributed by atoms with Crippen molar-refractivity contribution < 1.29 is 28.6 Å². The molecule has 0 spiro atoms. The van der Waals surface area contributed by atoms with Crippen LogP contribution < -0.4 is 0 Å². The van der Waals surface area contributed by atoms with Crippen LogP contribution in [-0.4, -0.2) is 37.2 Å². The lowest BCUT2D eigenvalue weighted by atomic mass is 10.1. The van der Waals surface area contributed by atoms with Gasteiger partial charge in [-0.2, -0.15) is 0 Å². The van der Waals surface area contributed by atoms with E-state index in [0.717, 1.165) is 128 Å². The Morgan fingerprint density at radius 3 is 0.849 bits per heavy atom. The van der Waals surface area contributed by atoms with Crippen LogP contribution in [-0.2, 0) is 28.6 Å². The minimum absolute atomic E-state index is 0.0977. The molecule has 6 nitrogen and oxygen atoms in total. The first-order valence-electron chi connectivity index (χ1n) is 30.0. The number of hydrogen-bond acceptors (Lipinski definition) is 6. The summed E-state index contributed by atoms with van der Waals surface area (Å²) in [6.07, 6.45) is 83.3. The number of esters is 3. The van der Waals surface area contributed by atoms with Gasteiger partial charge in [-0.25, -0.2) is 0 Å². The normalized spacial score (nSPS) is 13.0. The van der Waals surface area contributed by atoms with E-state index >= 15 is 0 Å². The maximum absolute atomic E-state index is 12.9. The molecule has 0 radical (unpaired) electrons. The summed E-state index contributed by atoms with van der Waals surface area (Å²) in [6, 6.07) is 0. The second kappa shape index (κ2) is 60.4. The second-order valence-electron chi connectivity index (χ2n) is 19.5. The van der Waals surface area contributed by atoms with Crippen LogP contribution in [0.5, 0.6) is 0 Å². The molecular formula is C67H110O6. The van der Waals surface area contributed by atoms with Crippen molar-refractivity contribution >= 4 is 17.9 Å². The van der Waals surface area contributed by atoms with E-state index in [1.165, 1.54) is 96.3 Å². The number of ether oxygens (including phenoxy) is 3. The molecule has 0 N–H and O–H groups in total. The van der Waals surface area contributed by atoms with E-state index in [1.807, 2.05) is 0 Å². The predicted molar refractivity (Wildman–Crippen MR) is 316 cm³/mol. The van der Waals surface area contributed by atoms with Gasteiger partial charge >= 0.3 is 17.9 Å². The lowest BCUT2D eigenvalue weighted by molar-refractivity contribution is -0.167. The molecule has 0 aromatic carbocycles. The molecule has 73 heavy (non-hydrogen) atoms. The summed E-state index contributed by atoms with van der Waals surface area (Å²) < 4.78 is 16.9. The van der Waals surface area contributed by atoms with E-state index in [-0.39, 0.29) is 31.1 Å². The highest BCUT2D eigenvalue weighted by Crippen LogP contribution is 2.15. The van der Waals surface area contributed by atoms with Gasteiger partial charge in [0.15, 0.2) is 6.10 Å². The topological polar surface area (TPSA) is 78.9 Å². The Morgan fingerprint density at radius 2 is 0.534 bits per heavy atom. The molecule has 0 amide bonds. The summed E-state index contributed by atoms with van der Waals surface area (Å²) in [5.41, 5.74) is 0. The highest BCUT2D eigenvalue weighted by Gasteiger charge is 2.19. The van der Waals surface area contributed by atoms with Crippen molar-refractivity contribution in [1.29, 1.82) is 0 Å². The second-order valence-corrected chi connectivity index (χ2v) is 19.5. The molecule has 0 aromatic heterocycles. The average molecular weight is 1010 g/mol. The molecule has 0 saturated heterocycles. The van der Waals surface area contributed by atoms with Crippen LogP contribution in [0.25, 0.3) is 0 Å². The zero-order valence-corrected chi connectivity index (χ0v) is 47.4. The fraction of sp³-hybridized carbons (Fsp3) is 0.657. The molecule has 1 unspecified atom stereocenters. The van der Waals surface area contributed by atoms with Gasteiger partial charge in [0, 0.05) is 19.3 Å². The van der Waals surface area contributed by atoms with Gasteiger partial charge < -0.3 is 14.2 Å². The van der Waals surface area contributed by atoms with E-state index < -0.39 is 6.10 Å². The summed E-state index contributed by atoms with van der Waals surface area (Å²) in [4.78, 5) is 38.2. The maximum Gasteiger partial charge on any atom is 0.306 e. The summed E-state index contributed by atoms with van der Waals surface area (Å²) in [5.74, 6) is -0.941. The van der Waals surface area contributed by atoms with Crippen molar-refractivity contribution in [3.8, 4) is 0 Å². The van der Waals surface area contributed by atoms with Gasteiger partial charge in [-0.3, -0.25) is 14.4 Å². The number of carbonyl (C=O) groups excluding carboxylic acids is 3. The molecule has 0 rings (SSSR count). The minimum Gasteiger partial charge on any atom is -0.462 e. The number of rotatable bonds is 53. The van der Waals surface area contributed by atoms with E-state index in [2.05, 4.69) is 142 Å². The lowest BCUT2D eigenvalue weighted by Crippen LogP contribution is -2.30. The Balaban J connectivity index is 4.41. The molecule has 0 aliphatic heterocycles. The Hall–Kier alpha value is -4.19. The van der Waals surface area contributed by atoms with Crippen molar-refractivity contribution in [3.05, 3.63) is 122 Å². The van der Waals surface area contributed by atoms with E-state index in [0.29, 0.717) is 19.3 Å². The van der Waals surface area contributed by atoms with Crippen molar-refractivity contribution in [2.75, 3.05) is 13.2 Å². The first kappa shape index (κ1) is 68.8. The summed E-state index contributed by atoms with van der Waals surface area (Å²) in [7, 11) is 0. The quantitative estimate of drug-likeness (QED) is 0.0261. The monoisotopic (exact) mass is 1010 g/mol. The van der Waals surface area contributed by atoms with E-state index in [9.17, 15) is 14.4 Å². The van der Waals surface area contributed by atoms with Gasteiger partial charge in [0.25, 0.3) is 0 Å². The van der Waals surface area contributed by atoms with Crippen LogP contribution in [0.15, 0.2) is 122 Å². The van der Waals surface area contributed by atoms with Gasteiger partial charge in [0.05, 0.1) is 0 Å². The Labute approximate surface area is 450 Å². The van der Waals surface area contributed by atoms with E-state index in [1.54, 1.807) is 0 Å². The molecule has 6 heteroatoms. The van der Waals surface area contributed by atoms with Crippen LogP contribution in [0.2, 0.25) is 0 Å². The number of hydrogen-bond donors (Lipinski definition) is 0. The van der Waals surface area contributed by atoms with Crippen molar-refractivity contribution in [1.82, 2.24) is 0 Å². The third kappa shape index (κ3) is 58.6. The van der Waals surface area contributed by atoms with Crippen LogP contribution in [0, 0.1) is 0 Å². The molecule has 0 aliphatic rings. The third-order valence-corrected chi connectivity index (χ3v) is 12.4. The SMILES string of the molecule is CC/C=C\C/C=C\C/C=C\C/C=C\C/C=C\CCCCCCCCCC(=O)OCC(COC(=O)CCCCC/C=C\C/C=C\C/C=C\CC)OC(=O)CCCCCCCCCCC/C=C\C/C=C\CCCCC. The van der Waals surface area contributed by atoms with Gasteiger partial charge in [-0.1, -0.05) is 239 Å². The van der Waals surface area contributed by atoms with Crippen LogP contribution in [0.4, 0.5) is 0 Å². The zero-order chi connectivity index (χ0) is 52.9. The largest absolute Gasteiger partial charge is 0.462 e. The van der Waals surface area contributed by atoms with Gasteiger partial charge in [-0.15, -0.1) is 0 Å². The van der Waals surface area contributed by atoms with Crippen molar-refractivity contribution in [3.63, 3.8) is 0 Å². The molecule has 414 valence electrons. The third-order valence-electron chi connectivity index (χ3n) is 12.4. The fourth-order valence-electron chi connectivity index (χ4n) is 7.98. The maximum atomic E-state index is 12.9. The first-order chi connectivity index (χ1) is 36.0. The number of unbranched alkanes of at least 4 members (excludes halogenated alkanes) is 22. The average Bonchev–Trinajstić information content (AvgIpc) is 3.39. The molecule has 0 fully saturated rings. The van der Waals surface area contributed by atoms with Crippen molar-refractivity contribution in [2.45, 2.75) is 271 Å². The van der Waals surface area contributed by atoms with Gasteiger partial charge in [-0.05, 0) is 128 Å². The van der Waals surface area contributed by atoms with Crippen LogP contribution in [0.1, 0.15) is 265 Å². The summed E-state index contributed by atoms with van der Waals surface area (Å²) >= 11 is 0. The summed E-state index contributed by atoms with van der Waals surface area (Å²) in [5, 5.41) is 0. The van der Waals surface area contributed by atoms with Gasteiger partial charge in [0.1, 0.15) is 13.2 Å². The highest BCUT2D eigenvalue weighted by atomic mass is 16.6. The van der Waals surface area contributed by atoms with Crippen molar-refractivity contribution in [2.24, 2.45) is 0 Å². The molecule has 0 aliphatic carbocycles. The Morgan fingerprint density at radius 1 is 0.288 bits per heavy atom. The standard InChI is InChI=1S/C67H110O6/c1-4-7-10-13-16-19-22-25-27-29-31-32-33-34-36-37-39-42-45-48-51-54-57-60-66(69)72-63-64(62-71-65(68)59-56-53-50-47-44-41-24-21-18-15-12-9-6-3)73-67(70)61-58-55-52-49-46-43-40-38-35-30-28-26-23-20-17-14-11-8-5-2/h7,9-10,12,16-21,25-28,31-32,34,36,41,44,64H,4-6,8,11,13-15,22-24,29-30,33,35,37-40,42-43,45-63H2,1-3H3/b10-7-,12-9-,19-16-,20-17-,21-18-,27-25-,28-26-,32-31-,36-34-,44-41-. The molecule has 0 aromatic rings. The molecular weight excluding hydrogens is 901 g/mol. The lowest BCUT2D eigenvalue weighted by Gasteiger charge is -2.18. The minimum atomic E-state index is -0.801. The number of allylic oxidation sites excluding steroid dienone is 20.